The van der Waals surface area contributed by atoms with Crippen LogP contribution in [0.25, 0.3) is 218 Å². The van der Waals surface area contributed by atoms with Gasteiger partial charge in [0.05, 0.1) is 0 Å². The topological polar surface area (TPSA) is 0 Å². The monoisotopic (exact) mass is 1440 g/mol. The van der Waals surface area contributed by atoms with Crippen molar-refractivity contribution in [1.29, 1.82) is 0 Å². The van der Waals surface area contributed by atoms with Crippen molar-refractivity contribution < 1.29 is 0 Å². The Morgan fingerprint density at radius 1 is 0.114 bits per heavy atom. The minimum Gasteiger partial charge on any atom is -0.0616 e. The fraction of sp³-hybridized carbons (Fsp3) is 0.0175. The van der Waals surface area contributed by atoms with E-state index >= 15 is 0 Å². The van der Waals surface area contributed by atoms with Crippen LogP contribution in [0.2, 0.25) is 0 Å². The van der Waals surface area contributed by atoms with Crippen molar-refractivity contribution in [2.45, 2.75) is 13.8 Å². The number of benzene rings is 23. The lowest BCUT2D eigenvalue weighted by Gasteiger charge is -2.21. The van der Waals surface area contributed by atoms with Gasteiger partial charge in [-0.25, -0.2) is 0 Å². The summed E-state index contributed by atoms with van der Waals surface area (Å²) in [6.07, 6.45) is 0. The van der Waals surface area contributed by atoms with Crippen LogP contribution in [0.15, 0.2) is 425 Å². The average molecular weight is 1450 g/mol. The van der Waals surface area contributed by atoms with Crippen molar-refractivity contribution in [3.05, 3.63) is 436 Å². The number of rotatable bonds is 7. The molecule has 0 saturated carbocycles. The Morgan fingerprint density at radius 2 is 0.342 bits per heavy atom. The average Bonchev–Trinajstić information content (AvgIpc) is 0.719. The number of fused-ring (bicyclic) bond motifs is 13. The predicted molar refractivity (Wildman–Crippen MR) is 494 cm³/mol. The highest BCUT2D eigenvalue weighted by Crippen LogP contribution is 2.51. The van der Waals surface area contributed by atoms with E-state index in [9.17, 15) is 0 Å². The summed E-state index contributed by atoms with van der Waals surface area (Å²) in [6, 6.07) is 156. The van der Waals surface area contributed by atoms with E-state index in [4.69, 9.17) is 0 Å². The molecule has 0 aliphatic heterocycles. The maximum absolute atomic E-state index is 2.42. The minimum absolute atomic E-state index is 1.23. The standard InChI is InChI=1S/C44H28.C36H26.C34H22/c1-4-12-32-25-35(20-17-29(32)9-1)36-23-24-41-42(28-36)44(38-22-19-31-11-3-6-14-34(31)27-38)40-16-8-7-15-39(40)43(41)37-21-18-30-10-2-5-13-33(30)26-37;1-23-19-21-25-11-3-5-13-27(25)33(23)35-29-15-7-9-17-31(29)36(32-18-10-8-16-30(32)35)34-24(2)20-22-26-12-4-6-14-28(26)34;1-2-12-25-22-26(21-20-23(25)10-1)33-29-15-5-7-17-31(29)34(32-18-8-6-16-30(32)33)28-19-9-13-24-11-3-4-14-27(24)28/h1-28H;3-22H,1-2H3;1-22H. The second-order valence-electron chi connectivity index (χ2n) is 30.5. The van der Waals surface area contributed by atoms with Crippen molar-refractivity contribution in [3.63, 3.8) is 0 Å². The fourth-order valence-electron chi connectivity index (χ4n) is 18.6. The molecule has 23 rings (SSSR count). The largest absolute Gasteiger partial charge is 0.0616 e. The van der Waals surface area contributed by atoms with Gasteiger partial charge in [0.25, 0.3) is 0 Å². The zero-order chi connectivity index (χ0) is 75.7. The lowest BCUT2D eigenvalue weighted by Crippen LogP contribution is -1.95. The van der Waals surface area contributed by atoms with E-state index in [1.807, 2.05) is 0 Å². The molecule has 0 bridgehead atoms. The van der Waals surface area contributed by atoms with Crippen LogP contribution in [0.1, 0.15) is 11.1 Å². The number of hydrogen-bond acceptors (Lipinski definition) is 0. The summed E-state index contributed by atoms with van der Waals surface area (Å²) in [5.41, 5.74) is 20.6. The zero-order valence-electron chi connectivity index (χ0n) is 63.4. The van der Waals surface area contributed by atoms with Gasteiger partial charge in [-0.15, -0.1) is 0 Å². The minimum atomic E-state index is 1.23. The van der Waals surface area contributed by atoms with Gasteiger partial charge in [-0.05, 0) is 273 Å². The molecule has 0 fully saturated rings. The molecule has 0 heteroatoms. The first-order valence-electron chi connectivity index (χ1n) is 39.7. The fourth-order valence-corrected chi connectivity index (χ4v) is 18.6. The Kier molecular flexibility index (Phi) is 16.8. The third kappa shape index (κ3) is 11.7. The molecule has 23 aromatic rings. The lowest BCUT2D eigenvalue weighted by atomic mass is 9.81. The molecule has 0 saturated heterocycles. The van der Waals surface area contributed by atoms with Crippen LogP contribution in [-0.2, 0) is 0 Å². The van der Waals surface area contributed by atoms with E-state index in [1.54, 1.807) is 0 Å². The van der Waals surface area contributed by atoms with Crippen LogP contribution in [0.5, 0.6) is 0 Å². The van der Waals surface area contributed by atoms with E-state index in [2.05, 4.69) is 438 Å². The quantitative estimate of drug-likeness (QED) is 0.140. The molecule has 0 radical (unpaired) electrons. The van der Waals surface area contributed by atoms with Gasteiger partial charge in [0.1, 0.15) is 0 Å². The van der Waals surface area contributed by atoms with E-state index in [0.29, 0.717) is 0 Å². The summed E-state index contributed by atoms with van der Waals surface area (Å²) in [4.78, 5) is 0. The smallest absolute Gasteiger partial charge is 0.00175 e. The molecule has 0 aliphatic rings. The molecule has 0 aromatic heterocycles. The Hall–Kier alpha value is -14.6. The summed E-state index contributed by atoms with van der Waals surface area (Å²) in [7, 11) is 0. The summed E-state index contributed by atoms with van der Waals surface area (Å²) in [5.74, 6) is 0. The normalized spacial score (nSPS) is 11.6. The van der Waals surface area contributed by atoms with Gasteiger partial charge in [0.2, 0.25) is 0 Å². The van der Waals surface area contributed by atoms with Crippen molar-refractivity contribution >= 4 is 140 Å². The van der Waals surface area contributed by atoms with Gasteiger partial charge < -0.3 is 0 Å². The van der Waals surface area contributed by atoms with Crippen LogP contribution in [-0.4, -0.2) is 0 Å². The second kappa shape index (κ2) is 28.4. The van der Waals surface area contributed by atoms with Gasteiger partial charge in [0, 0.05) is 0 Å². The molecule has 0 amide bonds. The first-order valence-corrected chi connectivity index (χ1v) is 39.7. The second-order valence-corrected chi connectivity index (χ2v) is 30.5. The van der Waals surface area contributed by atoms with Gasteiger partial charge >= 0.3 is 0 Å². The molecule has 0 nitrogen and oxygen atoms in total. The third-order valence-electron chi connectivity index (χ3n) is 23.9. The van der Waals surface area contributed by atoms with E-state index in [0.717, 1.165) is 0 Å². The number of aryl methyl sites for hydroxylation is 2. The molecular formula is C114H76. The molecule has 23 aromatic carbocycles. The van der Waals surface area contributed by atoms with Crippen molar-refractivity contribution in [2.75, 3.05) is 0 Å². The molecule has 0 heterocycles. The van der Waals surface area contributed by atoms with Crippen molar-refractivity contribution in [1.82, 2.24) is 0 Å². The van der Waals surface area contributed by atoms with Gasteiger partial charge in [0.15, 0.2) is 0 Å². The summed E-state index contributed by atoms with van der Waals surface area (Å²) in [6.45, 7) is 4.49. The molecule has 0 unspecified atom stereocenters. The van der Waals surface area contributed by atoms with Crippen LogP contribution in [0.3, 0.4) is 0 Å². The first-order chi connectivity index (χ1) is 56.4. The van der Waals surface area contributed by atoms with E-state index < -0.39 is 0 Å². The predicted octanol–water partition coefficient (Wildman–Crippen LogP) is 32.3. The lowest BCUT2D eigenvalue weighted by molar-refractivity contribution is 1.49. The molecule has 0 aliphatic carbocycles. The summed E-state index contributed by atoms with van der Waals surface area (Å²) >= 11 is 0. The Balaban J connectivity index is 0.000000108. The van der Waals surface area contributed by atoms with Gasteiger partial charge in [-0.1, -0.05) is 394 Å². The van der Waals surface area contributed by atoms with Crippen molar-refractivity contribution in [2.24, 2.45) is 0 Å². The molecule has 0 spiro atoms. The Labute approximate surface area is 663 Å². The molecule has 532 valence electrons. The maximum atomic E-state index is 2.42. The summed E-state index contributed by atoms with van der Waals surface area (Å²) < 4.78 is 0. The summed E-state index contributed by atoms with van der Waals surface area (Å²) in [5, 5.41) is 33.3. The highest BCUT2D eigenvalue weighted by Gasteiger charge is 2.24. The molecule has 0 atom stereocenters. The van der Waals surface area contributed by atoms with E-state index in [1.165, 1.54) is 229 Å². The van der Waals surface area contributed by atoms with Gasteiger partial charge in [-0.3, -0.25) is 0 Å². The molecule has 114 heavy (non-hydrogen) atoms. The molecule has 0 N–H and O–H groups in total. The SMILES string of the molecule is Cc1ccc2ccccc2c1-c1c2ccccc2c(-c2c(C)ccc3ccccc23)c2ccccc12.c1ccc2cc(-c3c4ccccc4c(-c4cccc5ccccc45)c4ccccc34)ccc2c1.c1ccc2cc(-c3ccc4c(-c5ccc6ccccc6c5)c5ccccc5c(-c5ccc6ccccc6c5)c4c3)ccc2c1. The van der Waals surface area contributed by atoms with E-state index in [-0.39, 0.29) is 0 Å². The molecular weight excluding hydrogens is 1370 g/mol. The first kappa shape index (κ1) is 67.5. The highest BCUT2D eigenvalue weighted by atomic mass is 14.3. The van der Waals surface area contributed by atoms with Crippen LogP contribution >= 0.6 is 0 Å². The number of hydrogen-bond donors (Lipinski definition) is 0. The van der Waals surface area contributed by atoms with Crippen LogP contribution in [0, 0.1) is 13.8 Å². The Bertz CT molecular complexity index is 7560. The Morgan fingerprint density at radius 3 is 0.711 bits per heavy atom. The third-order valence-corrected chi connectivity index (χ3v) is 23.9. The van der Waals surface area contributed by atoms with Gasteiger partial charge in [-0.2, -0.15) is 0 Å². The highest BCUT2D eigenvalue weighted by molar-refractivity contribution is 6.28. The van der Waals surface area contributed by atoms with Crippen LogP contribution < -0.4 is 0 Å². The zero-order valence-corrected chi connectivity index (χ0v) is 63.4. The van der Waals surface area contributed by atoms with Crippen molar-refractivity contribution in [3.8, 4) is 77.9 Å². The maximum Gasteiger partial charge on any atom is -0.00175 e. The van der Waals surface area contributed by atoms with Crippen LogP contribution in [0.4, 0.5) is 0 Å².